The van der Waals surface area contributed by atoms with Gasteiger partial charge in [0.15, 0.2) is 0 Å². The lowest BCUT2D eigenvalue weighted by Gasteiger charge is -2.24. The van der Waals surface area contributed by atoms with Crippen molar-refractivity contribution in [1.82, 2.24) is 15.0 Å². The van der Waals surface area contributed by atoms with Gasteiger partial charge in [0.05, 0.1) is 10.2 Å². The van der Waals surface area contributed by atoms with Crippen molar-refractivity contribution in [3.05, 3.63) is 47.0 Å². The van der Waals surface area contributed by atoms with E-state index in [2.05, 4.69) is 34.9 Å². The second-order valence-corrected chi connectivity index (χ2v) is 6.61. The summed E-state index contributed by atoms with van der Waals surface area (Å²) in [7, 11) is 0. The molecule has 5 nitrogen and oxygen atoms in total. The van der Waals surface area contributed by atoms with Crippen LogP contribution >= 0.6 is 11.3 Å². The van der Waals surface area contributed by atoms with E-state index in [4.69, 9.17) is 5.11 Å². The SMILES string of the molecule is CCC(CC)C(c1ccc2nc(C(=O)O)sc2c1)c1ncc[nH]1. The molecule has 2 heterocycles. The number of aromatic nitrogens is 3. The summed E-state index contributed by atoms with van der Waals surface area (Å²) in [6.45, 7) is 4.38. The Morgan fingerprint density at radius 1 is 1.35 bits per heavy atom. The number of nitrogens with zero attached hydrogens (tertiary/aromatic N) is 2. The van der Waals surface area contributed by atoms with Crippen molar-refractivity contribution in [3.8, 4) is 0 Å². The molecule has 0 spiro atoms. The molecule has 6 heteroatoms. The molecule has 1 atom stereocenters. The largest absolute Gasteiger partial charge is 0.476 e. The number of imidazole rings is 1. The molecule has 0 saturated carbocycles. The van der Waals surface area contributed by atoms with E-state index < -0.39 is 5.97 Å². The van der Waals surface area contributed by atoms with Gasteiger partial charge < -0.3 is 10.1 Å². The molecule has 0 amide bonds. The van der Waals surface area contributed by atoms with Gasteiger partial charge in [-0.1, -0.05) is 32.8 Å². The van der Waals surface area contributed by atoms with Gasteiger partial charge in [-0.05, 0) is 23.6 Å². The number of benzene rings is 1. The number of rotatable bonds is 6. The van der Waals surface area contributed by atoms with Crippen molar-refractivity contribution >= 4 is 27.5 Å². The molecule has 23 heavy (non-hydrogen) atoms. The van der Waals surface area contributed by atoms with Crippen LogP contribution in [0.5, 0.6) is 0 Å². The van der Waals surface area contributed by atoms with Gasteiger partial charge in [-0.3, -0.25) is 0 Å². The molecule has 2 aromatic heterocycles. The number of carbonyl (C=O) groups is 1. The van der Waals surface area contributed by atoms with Crippen molar-refractivity contribution in [2.24, 2.45) is 5.92 Å². The predicted molar refractivity (Wildman–Crippen MR) is 91.1 cm³/mol. The number of hydrogen-bond acceptors (Lipinski definition) is 4. The topological polar surface area (TPSA) is 78.9 Å². The van der Waals surface area contributed by atoms with E-state index >= 15 is 0 Å². The Morgan fingerprint density at radius 2 is 2.13 bits per heavy atom. The zero-order chi connectivity index (χ0) is 16.4. The first-order valence-corrected chi connectivity index (χ1v) is 8.58. The Morgan fingerprint density at radius 3 is 2.74 bits per heavy atom. The van der Waals surface area contributed by atoms with Crippen LogP contribution in [0.1, 0.15) is 53.8 Å². The predicted octanol–water partition coefficient (Wildman–Crippen LogP) is 4.29. The van der Waals surface area contributed by atoms with Crippen LogP contribution in [0.2, 0.25) is 0 Å². The molecule has 1 unspecified atom stereocenters. The number of aromatic carboxylic acids is 1. The number of aromatic amines is 1. The van der Waals surface area contributed by atoms with Crippen LogP contribution in [0.4, 0.5) is 0 Å². The van der Waals surface area contributed by atoms with E-state index in [-0.39, 0.29) is 10.9 Å². The number of nitrogens with one attached hydrogen (secondary N) is 1. The van der Waals surface area contributed by atoms with Crippen molar-refractivity contribution in [2.75, 3.05) is 0 Å². The normalized spacial score (nSPS) is 12.8. The summed E-state index contributed by atoms with van der Waals surface area (Å²) in [6.07, 6.45) is 5.74. The average molecular weight is 329 g/mol. The summed E-state index contributed by atoms with van der Waals surface area (Å²) in [5, 5.41) is 9.25. The second-order valence-electron chi connectivity index (χ2n) is 5.58. The van der Waals surface area contributed by atoms with E-state index in [1.165, 1.54) is 11.3 Å². The van der Waals surface area contributed by atoms with Gasteiger partial charge in [-0.2, -0.15) is 0 Å². The van der Waals surface area contributed by atoms with Crippen molar-refractivity contribution in [3.63, 3.8) is 0 Å². The summed E-state index contributed by atoms with van der Waals surface area (Å²) in [6, 6.07) is 6.01. The highest BCUT2D eigenvalue weighted by Gasteiger charge is 2.25. The van der Waals surface area contributed by atoms with Crippen LogP contribution in [0, 0.1) is 5.92 Å². The Kier molecular flexibility index (Phi) is 4.43. The number of thiazole rings is 1. The van der Waals surface area contributed by atoms with Gasteiger partial charge in [-0.25, -0.2) is 14.8 Å². The standard InChI is InChI=1S/C17H19N3O2S/c1-3-10(4-2)14(15-18-7-8-19-15)11-5-6-12-13(9-11)23-16(20-12)17(21)22/h5-10,14H,3-4H2,1-2H3,(H,18,19)(H,21,22). The fraction of sp³-hybridized carbons (Fsp3) is 0.353. The van der Waals surface area contributed by atoms with Crippen molar-refractivity contribution in [2.45, 2.75) is 32.6 Å². The molecule has 0 fully saturated rings. The molecule has 3 aromatic rings. The van der Waals surface area contributed by atoms with Crippen LogP contribution < -0.4 is 0 Å². The molecule has 0 saturated heterocycles. The van der Waals surface area contributed by atoms with Gasteiger partial charge in [0.2, 0.25) is 5.01 Å². The summed E-state index contributed by atoms with van der Waals surface area (Å²) >= 11 is 1.22. The highest BCUT2D eigenvalue weighted by molar-refractivity contribution is 7.20. The van der Waals surface area contributed by atoms with Crippen molar-refractivity contribution < 1.29 is 9.90 Å². The van der Waals surface area contributed by atoms with Crippen molar-refractivity contribution in [1.29, 1.82) is 0 Å². The number of fused-ring (bicyclic) bond motifs is 1. The van der Waals surface area contributed by atoms with E-state index in [1.807, 2.05) is 18.3 Å². The maximum atomic E-state index is 11.1. The Hall–Kier alpha value is -2.21. The third-order valence-corrected chi connectivity index (χ3v) is 5.29. The summed E-state index contributed by atoms with van der Waals surface area (Å²) in [5.74, 6) is 0.640. The lowest BCUT2D eigenvalue weighted by atomic mass is 9.82. The number of carboxylic acids is 1. The highest BCUT2D eigenvalue weighted by Crippen LogP contribution is 2.36. The fourth-order valence-corrected chi connectivity index (χ4v) is 3.94. The van der Waals surface area contributed by atoms with Gasteiger partial charge in [0.1, 0.15) is 5.82 Å². The summed E-state index contributed by atoms with van der Waals surface area (Å²) in [5.41, 5.74) is 1.89. The Balaban J connectivity index is 2.08. The molecule has 0 aliphatic rings. The zero-order valence-electron chi connectivity index (χ0n) is 13.1. The molecule has 0 aliphatic heterocycles. The van der Waals surface area contributed by atoms with Gasteiger partial charge in [0.25, 0.3) is 0 Å². The first-order valence-electron chi connectivity index (χ1n) is 7.77. The monoisotopic (exact) mass is 329 g/mol. The quantitative estimate of drug-likeness (QED) is 0.707. The van der Waals surface area contributed by atoms with E-state index in [1.54, 1.807) is 6.20 Å². The minimum absolute atomic E-state index is 0.134. The van der Waals surface area contributed by atoms with Gasteiger partial charge in [-0.15, -0.1) is 11.3 Å². The molecular formula is C17H19N3O2S. The molecule has 3 rings (SSSR count). The third-order valence-electron chi connectivity index (χ3n) is 4.29. The Labute approximate surface area is 138 Å². The molecule has 0 radical (unpaired) electrons. The van der Waals surface area contributed by atoms with Gasteiger partial charge >= 0.3 is 5.97 Å². The maximum absolute atomic E-state index is 11.1. The minimum atomic E-state index is -0.977. The Bertz CT molecular complexity index is 806. The zero-order valence-corrected chi connectivity index (χ0v) is 13.9. The molecule has 0 aliphatic carbocycles. The smallest absolute Gasteiger partial charge is 0.365 e. The lowest BCUT2D eigenvalue weighted by Crippen LogP contribution is -2.14. The molecule has 120 valence electrons. The van der Waals surface area contributed by atoms with Crippen LogP contribution in [-0.4, -0.2) is 26.0 Å². The maximum Gasteiger partial charge on any atom is 0.365 e. The lowest BCUT2D eigenvalue weighted by molar-refractivity contribution is 0.0696. The van der Waals surface area contributed by atoms with E-state index in [9.17, 15) is 4.79 Å². The first kappa shape index (κ1) is 15.7. The van der Waals surface area contributed by atoms with E-state index in [0.717, 1.165) is 34.4 Å². The molecular weight excluding hydrogens is 310 g/mol. The molecule has 1 aromatic carbocycles. The van der Waals surface area contributed by atoms with Gasteiger partial charge in [0, 0.05) is 18.3 Å². The van der Waals surface area contributed by atoms with Crippen LogP contribution in [0.25, 0.3) is 10.2 Å². The summed E-state index contributed by atoms with van der Waals surface area (Å²) in [4.78, 5) is 23.0. The molecule has 2 N–H and O–H groups in total. The molecule has 0 bridgehead atoms. The van der Waals surface area contributed by atoms with E-state index in [0.29, 0.717) is 5.92 Å². The average Bonchev–Trinajstić information content (AvgIpc) is 3.20. The number of carboxylic acid groups (broad SMARTS) is 1. The second kappa shape index (κ2) is 6.50. The minimum Gasteiger partial charge on any atom is -0.476 e. The highest BCUT2D eigenvalue weighted by atomic mass is 32.1. The van der Waals surface area contributed by atoms with Crippen LogP contribution in [0.3, 0.4) is 0 Å². The third kappa shape index (κ3) is 2.99. The van der Waals surface area contributed by atoms with Crippen LogP contribution in [0.15, 0.2) is 30.6 Å². The van der Waals surface area contributed by atoms with Crippen LogP contribution in [-0.2, 0) is 0 Å². The number of H-pyrrole nitrogens is 1. The fourth-order valence-electron chi connectivity index (χ4n) is 3.09. The first-order chi connectivity index (χ1) is 11.1. The summed E-state index contributed by atoms with van der Waals surface area (Å²) < 4.78 is 0.905. The number of hydrogen-bond donors (Lipinski definition) is 2.